The topological polar surface area (TPSA) is 62.1 Å². The van der Waals surface area contributed by atoms with Gasteiger partial charge in [0, 0.05) is 5.56 Å². The van der Waals surface area contributed by atoms with Gasteiger partial charge in [-0.15, -0.1) is 0 Å². The smallest absolute Gasteiger partial charge is 0.266 e. The Labute approximate surface area is 185 Å². The van der Waals surface area contributed by atoms with Crippen molar-refractivity contribution < 1.29 is 13.9 Å². The fourth-order valence-corrected chi connectivity index (χ4v) is 3.33. The summed E-state index contributed by atoms with van der Waals surface area (Å²) in [5.41, 5.74) is 1.46. The van der Waals surface area contributed by atoms with Gasteiger partial charge in [-0.2, -0.15) is 5.26 Å². The van der Waals surface area contributed by atoms with Gasteiger partial charge >= 0.3 is 0 Å². The van der Waals surface area contributed by atoms with Crippen molar-refractivity contribution in [2.24, 2.45) is 0 Å². The number of carbonyl (C=O) groups excluding carboxylic acids is 1. The van der Waals surface area contributed by atoms with Crippen LogP contribution in [0.3, 0.4) is 0 Å². The number of benzene rings is 4. The summed E-state index contributed by atoms with van der Waals surface area (Å²) in [5.74, 6) is -0.728. The summed E-state index contributed by atoms with van der Waals surface area (Å²) < 4.78 is 20.0. The molecule has 0 saturated heterocycles. The van der Waals surface area contributed by atoms with E-state index in [1.807, 2.05) is 72.8 Å². The highest BCUT2D eigenvalue weighted by Gasteiger charge is 2.15. The van der Waals surface area contributed by atoms with Crippen LogP contribution in [0.4, 0.5) is 10.1 Å². The molecule has 0 aromatic heterocycles. The third kappa shape index (κ3) is 4.66. The maximum Gasteiger partial charge on any atom is 0.266 e. The van der Waals surface area contributed by atoms with Crippen LogP contribution in [0.1, 0.15) is 11.1 Å². The van der Waals surface area contributed by atoms with Gasteiger partial charge in [-0.05, 0) is 40.6 Å². The Morgan fingerprint density at radius 2 is 1.66 bits per heavy atom. The highest BCUT2D eigenvalue weighted by Crippen LogP contribution is 2.31. The normalized spacial score (nSPS) is 11.1. The molecule has 4 aromatic carbocycles. The lowest BCUT2D eigenvalue weighted by molar-refractivity contribution is -0.112. The Morgan fingerprint density at radius 3 is 2.44 bits per heavy atom. The summed E-state index contributed by atoms with van der Waals surface area (Å²) in [7, 11) is 0. The summed E-state index contributed by atoms with van der Waals surface area (Å²) in [6.07, 6.45) is 1.48. The average molecular weight is 422 g/mol. The Morgan fingerprint density at radius 1 is 0.938 bits per heavy atom. The first-order valence-electron chi connectivity index (χ1n) is 10.0. The number of ether oxygens (including phenoxy) is 1. The Kier molecular flexibility index (Phi) is 6.24. The van der Waals surface area contributed by atoms with Crippen LogP contribution in [0.2, 0.25) is 0 Å². The lowest BCUT2D eigenvalue weighted by atomic mass is 10.0. The van der Waals surface area contributed by atoms with E-state index < -0.39 is 11.7 Å². The fourth-order valence-electron chi connectivity index (χ4n) is 3.33. The van der Waals surface area contributed by atoms with E-state index in [1.54, 1.807) is 6.07 Å². The number of hydrogen-bond acceptors (Lipinski definition) is 3. The van der Waals surface area contributed by atoms with Gasteiger partial charge in [0.15, 0.2) is 0 Å². The Hall–Kier alpha value is -4.43. The van der Waals surface area contributed by atoms with E-state index >= 15 is 0 Å². The quantitative estimate of drug-likeness (QED) is 0.301. The molecule has 5 heteroatoms. The maximum absolute atomic E-state index is 13.9. The predicted molar refractivity (Wildman–Crippen MR) is 123 cm³/mol. The third-order valence-electron chi connectivity index (χ3n) is 4.94. The van der Waals surface area contributed by atoms with E-state index in [0.717, 1.165) is 16.3 Å². The van der Waals surface area contributed by atoms with Crippen LogP contribution in [0.5, 0.6) is 5.75 Å². The molecule has 1 amide bonds. The third-order valence-corrected chi connectivity index (χ3v) is 4.94. The lowest BCUT2D eigenvalue weighted by Crippen LogP contribution is -2.14. The monoisotopic (exact) mass is 422 g/mol. The molecule has 0 unspecified atom stereocenters. The number of fused-ring (bicyclic) bond motifs is 1. The SMILES string of the molecule is N#C/C(=C\c1c(OCc2ccccc2)ccc2ccccc12)C(=O)Nc1ccccc1F. The first-order chi connectivity index (χ1) is 15.7. The van der Waals surface area contributed by atoms with E-state index in [0.29, 0.717) is 17.9 Å². The number of hydrogen-bond donors (Lipinski definition) is 1. The largest absolute Gasteiger partial charge is 0.488 e. The minimum atomic E-state index is -0.695. The molecule has 1 N–H and O–H groups in total. The molecule has 0 aliphatic rings. The van der Waals surface area contributed by atoms with Crippen molar-refractivity contribution in [3.63, 3.8) is 0 Å². The zero-order chi connectivity index (χ0) is 22.3. The molecule has 4 aromatic rings. The fraction of sp³-hybridized carbons (Fsp3) is 0.0370. The van der Waals surface area contributed by atoms with Crippen LogP contribution in [0, 0.1) is 17.1 Å². The lowest BCUT2D eigenvalue weighted by Gasteiger charge is -2.13. The number of halogens is 1. The zero-order valence-corrected chi connectivity index (χ0v) is 17.1. The maximum atomic E-state index is 13.9. The molecule has 0 aliphatic carbocycles. The van der Waals surface area contributed by atoms with Gasteiger partial charge in [0.1, 0.15) is 29.8 Å². The van der Waals surface area contributed by atoms with Crippen molar-refractivity contribution in [3.05, 3.63) is 114 Å². The van der Waals surface area contributed by atoms with E-state index in [9.17, 15) is 14.4 Å². The van der Waals surface area contributed by atoms with Gasteiger partial charge < -0.3 is 10.1 Å². The van der Waals surface area contributed by atoms with E-state index in [4.69, 9.17) is 4.74 Å². The number of amides is 1. The standard InChI is InChI=1S/C27H19FN2O2/c28-24-12-6-7-13-25(24)30-27(31)21(17-29)16-23-22-11-5-4-10-20(22)14-15-26(23)32-18-19-8-2-1-3-9-19/h1-16H,18H2,(H,30,31)/b21-16+. The van der Waals surface area contributed by atoms with Crippen LogP contribution in [-0.4, -0.2) is 5.91 Å². The van der Waals surface area contributed by atoms with E-state index in [1.165, 1.54) is 24.3 Å². The van der Waals surface area contributed by atoms with Crippen molar-refractivity contribution in [2.75, 3.05) is 5.32 Å². The van der Waals surface area contributed by atoms with Crippen LogP contribution in [-0.2, 0) is 11.4 Å². The second kappa shape index (κ2) is 9.59. The van der Waals surface area contributed by atoms with Gasteiger partial charge in [0.25, 0.3) is 5.91 Å². The minimum Gasteiger partial charge on any atom is -0.488 e. The number of para-hydroxylation sites is 1. The van der Waals surface area contributed by atoms with Gasteiger partial charge in [-0.1, -0.05) is 72.8 Å². The molecule has 0 bridgehead atoms. The highest BCUT2D eigenvalue weighted by atomic mass is 19.1. The molecular formula is C27H19FN2O2. The van der Waals surface area contributed by atoms with Gasteiger partial charge in [0.2, 0.25) is 0 Å². The summed E-state index contributed by atoms with van der Waals surface area (Å²) in [5, 5.41) is 13.9. The molecule has 32 heavy (non-hydrogen) atoms. The second-order valence-electron chi connectivity index (χ2n) is 7.08. The molecule has 0 fully saturated rings. The van der Waals surface area contributed by atoms with Gasteiger partial charge in [-0.3, -0.25) is 4.79 Å². The predicted octanol–water partition coefficient (Wildman–Crippen LogP) is 6.10. The summed E-state index contributed by atoms with van der Waals surface area (Å²) in [6, 6.07) is 28.8. The molecule has 0 heterocycles. The van der Waals surface area contributed by atoms with E-state index in [-0.39, 0.29) is 11.3 Å². The first kappa shape index (κ1) is 20.8. The molecule has 0 spiro atoms. The average Bonchev–Trinajstić information content (AvgIpc) is 2.83. The molecule has 4 nitrogen and oxygen atoms in total. The molecular weight excluding hydrogens is 403 g/mol. The number of anilines is 1. The van der Waals surface area contributed by atoms with Crippen LogP contribution >= 0.6 is 0 Å². The molecule has 0 radical (unpaired) electrons. The van der Waals surface area contributed by atoms with Crippen molar-refractivity contribution in [1.82, 2.24) is 0 Å². The zero-order valence-electron chi connectivity index (χ0n) is 17.1. The molecule has 156 valence electrons. The summed E-state index contributed by atoms with van der Waals surface area (Å²) in [6.45, 7) is 0.337. The van der Waals surface area contributed by atoms with Crippen molar-refractivity contribution in [2.45, 2.75) is 6.61 Å². The number of rotatable bonds is 6. The highest BCUT2D eigenvalue weighted by molar-refractivity contribution is 6.11. The number of nitriles is 1. The van der Waals surface area contributed by atoms with Crippen molar-refractivity contribution in [1.29, 1.82) is 5.26 Å². The van der Waals surface area contributed by atoms with Crippen LogP contribution in [0.15, 0.2) is 96.6 Å². The molecule has 4 rings (SSSR count). The first-order valence-corrected chi connectivity index (χ1v) is 10.0. The van der Waals surface area contributed by atoms with Crippen LogP contribution in [0.25, 0.3) is 16.8 Å². The van der Waals surface area contributed by atoms with Crippen LogP contribution < -0.4 is 10.1 Å². The number of nitrogens with zero attached hydrogens (tertiary/aromatic N) is 1. The molecule has 0 atom stereocenters. The molecule has 0 saturated carbocycles. The van der Waals surface area contributed by atoms with Crippen molar-refractivity contribution >= 4 is 28.4 Å². The van der Waals surface area contributed by atoms with Gasteiger partial charge in [-0.25, -0.2) is 4.39 Å². The van der Waals surface area contributed by atoms with Crippen molar-refractivity contribution in [3.8, 4) is 11.8 Å². The van der Waals surface area contributed by atoms with E-state index in [2.05, 4.69) is 5.32 Å². The summed E-state index contributed by atoms with van der Waals surface area (Å²) >= 11 is 0. The minimum absolute atomic E-state index is 0.0112. The Bertz CT molecular complexity index is 1340. The molecule has 0 aliphatic heterocycles. The number of nitrogens with one attached hydrogen (secondary N) is 1. The number of carbonyl (C=O) groups is 1. The Balaban J connectivity index is 1.71. The summed E-state index contributed by atoms with van der Waals surface area (Å²) in [4.78, 5) is 12.7. The second-order valence-corrected chi connectivity index (χ2v) is 7.08. The van der Waals surface area contributed by atoms with Gasteiger partial charge in [0.05, 0.1) is 5.69 Å².